The topological polar surface area (TPSA) is 108 Å². The van der Waals surface area contributed by atoms with Gasteiger partial charge in [-0.05, 0) is 49.9 Å². The summed E-state index contributed by atoms with van der Waals surface area (Å²) < 4.78 is 26.4. The number of sulfonamides is 1. The minimum atomic E-state index is -3.53. The molecule has 0 bridgehead atoms. The predicted molar refractivity (Wildman–Crippen MR) is 115 cm³/mol. The molecule has 1 heterocycles. The smallest absolute Gasteiger partial charge is 0.317 e. The molecule has 1 aliphatic carbocycles. The predicted octanol–water partition coefficient (Wildman–Crippen LogP) is 2.22. The monoisotopic (exact) mass is 436 g/mol. The Hall–Kier alpha value is -2.13. The van der Waals surface area contributed by atoms with Crippen molar-refractivity contribution in [2.75, 3.05) is 19.6 Å². The standard InChI is InChI=1S/C21H32N4O4S/c1-2-22-30(28,29)19-10-8-16(9-11-19)20(26)23-18-12-14-25(15-13-18)21(27)24-17-6-4-3-5-7-17/h8-11,17-18,22H,2-7,12-15H2,1H3,(H,23,26)(H,24,27). The summed E-state index contributed by atoms with van der Waals surface area (Å²) in [4.78, 5) is 26.9. The van der Waals surface area contributed by atoms with E-state index in [1.165, 1.54) is 43.5 Å². The number of benzene rings is 1. The van der Waals surface area contributed by atoms with Crippen LogP contribution in [0.4, 0.5) is 4.79 Å². The summed E-state index contributed by atoms with van der Waals surface area (Å²) in [6.45, 7) is 3.25. The number of carbonyl (C=O) groups excluding carboxylic acids is 2. The fourth-order valence-corrected chi connectivity index (χ4v) is 5.11. The number of hydrogen-bond donors (Lipinski definition) is 3. The molecule has 0 spiro atoms. The van der Waals surface area contributed by atoms with Gasteiger partial charge in [-0.15, -0.1) is 0 Å². The molecule has 1 aromatic carbocycles. The van der Waals surface area contributed by atoms with E-state index in [2.05, 4.69) is 15.4 Å². The van der Waals surface area contributed by atoms with E-state index in [1.54, 1.807) is 6.92 Å². The van der Waals surface area contributed by atoms with Crippen molar-refractivity contribution in [2.24, 2.45) is 0 Å². The van der Waals surface area contributed by atoms with Crippen LogP contribution in [-0.2, 0) is 10.0 Å². The highest BCUT2D eigenvalue weighted by Crippen LogP contribution is 2.18. The summed E-state index contributed by atoms with van der Waals surface area (Å²) in [5.41, 5.74) is 0.419. The summed E-state index contributed by atoms with van der Waals surface area (Å²) in [5, 5.41) is 6.14. The zero-order chi connectivity index (χ0) is 21.6. The second-order valence-corrected chi connectivity index (χ2v) is 9.81. The normalized spacial score (nSPS) is 18.8. The van der Waals surface area contributed by atoms with Gasteiger partial charge in [0.25, 0.3) is 5.91 Å². The fourth-order valence-electron chi connectivity index (χ4n) is 4.07. The van der Waals surface area contributed by atoms with Crippen LogP contribution in [0.1, 0.15) is 62.2 Å². The highest BCUT2D eigenvalue weighted by atomic mass is 32.2. The van der Waals surface area contributed by atoms with E-state index in [-0.39, 0.29) is 22.9 Å². The molecular formula is C21H32N4O4S. The van der Waals surface area contributed by atoms with Crippen molar-refractivity contribution in [2.45, 2.75) is 68.8 Å². The van der Waals surface area contributed by atoms with Crippen molar-refractivity contribution in [3.8, 4) is 0 Å². The molecule has 0 unspecified atom stereocenters. The average Bonchev–Trinajstić information content (AvgIpc) is 2.75. The minimum absolute atomic E-state index is 0.00129. The number of hydrogen-bond acceptors (Lipinski definition) is 4. The third-order valence-corrected chi connectivity index (χ3v) is 7.37. The van der Waals surface area contributed by atoms with E-state index in [9.17, 15) is 18.0 Å². The van der Waals surface area contributed by atoms with Crippen LogP contribution < -0.4 is 15.4 Å². The van der Waals surface area contributed by atoms with Gasteiger partial charge in [0.05, 0.1) is 4.90 Å². The van der Waals surface area contributed by atoms with Crippen LogP contribution in [-0.4, -0.2) is 57.0 Å². The summed E-state index contributed by atoms with van der Waals surface area (Å²) in [6, 6.07) is 6.21. The Bertz CT molecular complexity index is 827. The number of rotatable bonds is 6. The second kappa shape index (κ2) is 10.3. The quantitative estimate of drug-likeness (QED) is 0.635. The van der Waals surface area contributed by atoms with E-state index in [1.807, 2.05) is 4.90 Å². The van der Waals surface area contributed by atoms with Crippen molar-refractivity contribution in [3.63, 3.8) is 0 Å². The lowest BCUT2D eigenvalue weighted by molar-refractivity contribution is 0.0917. The number of nitrogens with one attached hydrogen (secondary N) is 3. The minimum Gasteiger partial charge on any atom is -0.349 e. The van der Waals surface area contributed by atoms with Crippen LogP contribution in [0.3, 0.4) is 0 Å². The number of urea groups is 1. The number of amides is 3. The Morgan fingerprint density at radius 2 is 1.53 bits per heavy atom. The maximum atomic E-state index is 12.5. The molecule has 0 aromatic heterocycles. The first-order chi connectivity index (χ1) is 14.4. The van der Waals surface area contributed by atoms with Gasteiger partial charge in [-0.1, -0.05) is 26.2 Å². The Morgan fingerprint density at radius 3 is 2.13 bits per heavy atom. The number of carbonyl (C=O) groups is 2. The molecule has 1 aliphatic heterocycles. The highest BCUT2D eigenvalue weighted by Gasteiger charge is 2.26. The third kappa shape index (κ3) is 5.95. The van der Waals surface area contributed by atoms with Gasteiger partial charge in [0, 0.05) is 37.3 Å². The molecule has 3 N–H and O–H groups in total. The maximum Gasteiger partial charge on any atom is 0.317 e. The molecular weight excluding hydrogens is 404 g/mol. The zero-order valence-corrected chi connectivity index (χ0v) is 18.3. The SMILES string of the molecule is CCNS(=O)(=O)c1ccc(C(=O)NC2CCN(C(=O)NC3CCCCC3)CC2)cc1. The lowest BCUT2D eigenvalue weighted by Gasteiger charge is -2.34. The Balaban J connectivity index is 1.46. The first-order valence-corrected chi connectivity index (χ1v) is 12.3. The molecule has 2 fully saturated rings. The molecule has 3 rings (SSSR count). The van der Waals surface area contributed by atoms with Crippen LogP contribution in [0.15, 0.2) is 29.2 Å². The van der Waals surface area contributed by atoms with Crippen molar-refractivity contribution in [1.82, 2.24) is 20.3 Å². The Morgan fingerprint density at radius 1 is 0.933 bits per heavy atom. The molecule has 9 heteroatoms. The van der Waals surface area contributed by atoms with Gasteiger partial charge in [0.2, 0.25) is 10.0 Å². The van der Waals surface area contributed by atoms with E-state index >= 15 is 0 Å². The van der Waals surface area contributed by atoms with Crippen molar-refractivity contribution in [3.05, 3.63) is 29.8 Å². The Labute approximate surface area is 178 Å². The molecule has 8 nitrogen and oxygen atoms in total. The highest BCUT2D eigenvalue weighted by molar-refractivity contribution is 7.89. The molecule has 2 aliphatic rings. The van der Waals surface area contributed by atoms with Crippen molar-refractivity contribution >= 4 is 22.0 Å². The molecule has 1 aromatic rings. The maximum absolute atomic E-state index is 12.5. The lowest BCUT2D eigenvalue weighted by atomic mass is 9.95. The first-order valence-electron chi connectivity index (χ1n) is 10.8. The van der Waals surface area contributed by atoms with Gasteiger partial charge < -0.3 is 15.5 Å². The molecule has 166 valence electrons. The van der Waals surface area contributed by atoms with Crippen LogP contribution in [0, 0.1) is 0 Å². The van der Waals surface area contributed by atoms with Gasteiger partial charge in [-0.25, -0.2) is 17.9 Å². The van der Waals surface area contributed by atoms with E-state index in [0.717, 1.165) is 12.8 Å². The summed E-state index contributed by atoms with van der Waals surface area (Å²) >= 11 is 0. The van der Waals surface area contributed by atoms with Crippen molar-refractivity contribution < 1.29 is 18.0 Å². The molecule has 1 saturated heterocycles. The molecule has 3 amide bonds. The van der Waals surface area contributed by atoms with E-state index < -0.39 is 10.0 Å². The van der Waals surface area contributed by atoms with Gasteiger partial charge >= 0.3 is 6.03 Å². The van der Waals surface area contributed by atoms with Crippen LogP contribution in [0.25, 0.3) is 0 Å². The lowest BCUT2D eigenvalue weighted by Crippen LogP contribution is -2.51. The fraction of sp³-hybridized carbons (Fsp3) is 0.619. The van der Waals surface area contributed by atoms with Gasteiger partial charge in [-0.2, -0.15) is 0 Å². The summed E-state index contributed by atoms with van der Waals surface area (Å²) in [5.74, 6) is -0.229. The van der Waals surface area contributed by atoms with Crippen LogP contribution in [0.5, 0.6) is 0 Å². The second-order valence-electron chi connectivity index (χ2n) is 8.04. The van der Waals surface area contributed by atoms with Crippen LogP contribution in [0.2, 0.25) is 0 Å². The first kappa shape index (κ1) is 22.6. The average molecular weight is 437 g/mol. The molecule has 30 heavy (non-hydrogen) atoms. The van der Waals surface area contributed by atoms with Gasteiger partial charge in [0.1, 0.15) is 0 Å². The number of piperidine rings is 1. The molecule has 0 atom stereocenters. The number of likely N-dealkylation sites (tertiary alicyclic amines) is 1. The van der Waals surface area contributed by atoms with Gasteiger partial charge in [0.15, 0.2) is 0 Å². The summed E-state index contributed by atoms with van der Waals surface area (Å²) in [7, 11) is -3.53. The zero-order valence-electron chi connectivity index (χ0n) is 17.5. The van der Waals surface area contributed by atoms with E-state index in [4.69, 9.17) is 0 Å². The summed E-state index contributed by atoms with van der Waals surface area (Å²) in [6.07, 6.45) is 7.15. The van der Waals surface area contributed by atoms with E-state index in [0.29, 0.717) is 44.1 Å². The Kier molecular flexibility index (Phi) is 7.71. The molecule has 0 radical (unpaired) electrons. The molecule has 1 saturated carbocycles. The van der Waals surface area contributed by atoms with Crippen LogP contribution >= 0.6 is 0 Å². The van der Waals surface area contributed by atoms with Gasteiger partial charge in [-0.3, -0.25) is 4.79 Å². The third-order valence-electron chi connectivity index (χ3n) is 5.81. The van der Waals surface area contributed by atoms with Crippen molar-refractivity contribution in [1.29, 1.82) is 0 Å². The largest absolute Gasteiger partial charge is 0.349 e. The number of nitrogens with zero attached hydrogens (tertiary/aromatic N) is 1.